The van der Waals surface area contributed by atoms with Crippen LogP contribution in [0.4, 0.5) is 0 Å². The lowest BCUT2D eigenvalue weighted by molar-refractivity contribution is -0.142. The van der Waals surface area contributed by atoms with E-state index in [9.17, 15) is 9.59 Å². The highest BCUT2D eigenvalue weighted by molar-refractivity contribution is 5.85. The fraction of sp³-hybridized carbons (Fsp3) is 0.800. The van der Waals surface area contributed by atoms with Crippen molar-refractivity contribution in [3.05, 3.63) is 0 Å². The molecule has 1 rings (SSSR count). The van der Waals surface area contributed by atoms with Crippen LogP contribution in [0.5, 0.6) is 0 Å². The van der Waals surface area contributed by atoms with Gasteiger partial charge < -0.3 is 20.3 Å². The SMILES string of the molecule is CC1CC(C(=O)NC(CCO)C(=O)O)CO1. The van der Waals surface area contributed by atoms with E-state index in [4.69, 9.17) is 14.9 Å². The first-order valence-electron chi connectivity index (χ1n) is 5.30. The lowest BCUT2D eigenvalue weighted by atomic mass is 10.0. The van der Waals surface area contributed by atoms with Crippen molar-refractivity contribution in [2.75, 3.05) is 13.2 Å². The molecule has 0 spiro atoms. The molecule has 1 aliphatic heterocycles. The molecule has 16 heavy (non-hydrogen) atoms. The van der Waals surface area contributed by atoms with Gasteiger partial charge in [0.25, 0.3) is 0 Å². The number of carboxylic acid groups (broad SMARTS) is 1. The van der Waals surface area contributed by atoms with E-state index < -0.39 is 12.0 Å². The lowest BCUT2D eigenvalue weighted by Gasteiger charge is -2.15. The predicted molar refractivity (Wildman–Crippen MR) is 54.8 cm³/mol. The molecule has 0 bridgehead atoms. The summed E-state index contributed by atoms with van der Waals surface area (Å²) in [5, 5.41) is 19.9. The van der Waals surface area contributed by atoms with Gasteiger partial charge in [-0.15, -0.1) is 0 Å². The van der Waals surface area contributed by atoms with Crippen LogP contribution in [0.3, 0.4) is 0 Å². The molecule has 3 N–H and O–H groups in total. The monoisotopic (exact) mass is 231 g/mol. The molecule has 0 aromatic rings. The second-order valence-corrected chi connectivity index (χ2v) is 3.99. The highest BCUT2D eigenvalue weighted by Gasteiger charge is 2.30. The van der Waals surface area contributed by atoms with E-state index in [2.05, 4.69) is 5.32 Å². The number of aliphatic hydroxyl groups excluding tert-OH is 1. The Labute approximate surface area is 93.6 Å². The third-order valence-corrected chi connectivity index (χ3v) is 2.60. The van der Waals surface area contributed by atoms with Crippen LogP contribution in [0.15, 0.2) is 0 Å². The second kappa shape index (κ2) is 5.81. The second-order valence-electron chi connectivity index (χ2n) is 3.99. The summed E-state index contributed by atoms with van der Waals surface area (Å²) in [5.41, 5.74) is 0. The van der Waals surface area contributed by atoms with Crippen LogP contribution in [0, 0.1) is 5.92 Å². The van der Waals surface area contributed by atoms with Crippen molar-refractivity contribution < 1.29 is 24.5 Å². The van der Waals surface area contributed by atoms with Gasteiger partial charge in [-0.25, -0.2) is 4.79 Å². The number of carbonyl (C=O) groups excluding carboxylic acids is 1. The highest BCUT2D eigenvalue weighted by Crippen LogP contribution is 2.19. The minimum atomic E-state index is -1.13. The first-order valence-corrected chi connectivity index (χ1v) is 5.30. The van der Waals surface area contributed by atoms with Crippen molar-refractivity contribution in [2.24, 2.45) is 5.92 Å². The third-order valence-electron chi connectivity index (χ3n) is 2.60. The van der Waals surface area contributed by atoms with Crippen LogP contribution in [0.1, 0.15) is 19.8 Å². The molecule has 1 saturated heterocycles. The molecule has 6 heteroatoms. The number of amides is 1. The standard InChI is InChI=1S/C10H17NO5/c1-6-4-7(5-16-6)9(13)11-8(2-3-12)10(14)15/h6-8,12H,2-5H2,1H3,(H,11,13)(H,14,15). The topological polar surface area (TPSA) is 95.9 Å². The van der Waals surface area contributed by atoms with Gasteiger partial charge in [0.05, 0.1) is 18.6 Å². The molecule has 0 aromatic carbocycles. The molecular formula is C10H17NO5. The van der Waals surface area contributed by atoms with Crippen LogP contribution in [-0.4, -0.2) is 47.4 Å². The van der Waals surface area contributed by atoms with E-state index in [0.29, 0.717) is 13.0 Å². The number of carbonyl (C=O) groups is 2. The van der Waals surface area contributed by atoms with Crippen LogP contribution in [0.2, 0.25) is 0 Å². The Kier molecular flexibility index (Phi) is 4.70. The largest absolute Gasteiger partial charge is 0.480 e. The van der Waals surface area contributed by atoms with E-state index in [0.717, 1.165) is 0 Å². The molecule has 3 unspecified atom stereocenters. The fourth-order valence-electron chi connectivity index (χ4n) is 1.68. The van der Waals surface area contributed by atoms with Gasteiger partial charge in [0, 0.05) is 13.0 Å². The zero-order chi connectivity index (χ0) is 12.1. The molecule has 0 aromatic heterocycles. The number of aliphatic carboxylic acids is 1. The number of hydrogen-bond acceptors (Lipinski definition) is 4. The molecule has 1 aliphatic rings. The molecule has 0 aliphatic carbocycles. The summed E-state index contributed by atoms with van der Waals surface area (Å²) in [6.07, 6.45) is 0.665. The van der Waals surface area contributed by atoms with Gasteiger partial charge in [-0.1, -0.05) is 0 Å². The van der Waals surface area contributed by atoms with Crippen molar-refractivity contribution in [3.63, 3.8) is 0 Å². The Balaban J connectivity index is 2.45. The van der Waals surface area contributed by atoms with Crippen molar-refractivity contribution in [3.8, 4) is 0 Å². The van der Waals surface area contributed by atoms with E-state index >= 15 is 0 Å². The minimum Gasteiger partial charge on any atom is -0.480 e. The smallest absolute Gasteiger partial charge is 0.326 e. The molecular weight excluding hydrogens is 214 g/mol. The average Bonchev–Trinajstić information content (AvgIpc) is 2.64. The third kappa shape index (κ3) is 3.46. The number of carboxylic acids is 1. The van der Waals surface area contributed by atoms with E-state index in [1.165, 1.54) is 0 Å². The van der Waals surface area contributed by atoms with Crippen molar-refractivity contribution >= 4 is 11.9 Å². The molecule has 0 radical (unpaired) electrons. The van der Waals surface area contributed by atoms with E-state index in [1.807, 2.05) is 6.92 Å². The highest BCUT2D eigenvalue weighted by atomic mass is 16.5. The van der Waals surface area contributed by atoms with E-state index in [-0.39, 0.29) is 31.0 Å². The van der Waals surface area contributed by atoms with Crippen LogP contribution < -0.4 is 5.32 Å². The number of ether oxygens (including phenoxy) is 1. The summed E-state index contributed by atoms with van der Waals surface area (Å²) in [7, 11) is 0. The summed E-state index contributed by atoms with van der Waals surface area (Å²) >= 11 is 0. The number of hydrogen-bond donors (Lipinski definition) is 3. The maximum Gasteiger partial charge on any atom is 0.326 e. The van der Waals surface area contributed by atoms with Crippen molar-refractivity contribution in [1.29, 1.82) is 0 Å². The zero-order valence-corrected chi connectivity index (χ0v) is 9.18. The first kappa shape index (κ1) is 12.9. The summed E-state index contributed by atoms with van der Waals surface area (Å²) in [4.78, 5) is 22.4. The Hall–Kier alpha value is -1.14. The summed E-state index contributed by atoms with van der Waals surface area (Å²) < 4.78 is 5.23. The zero-order valence-electron chi connectivity index (χ0n) is 9.18. The Morgan fingerprint density at radius 1 is 1.56 bits per heavy atom. The Morgan fingerprint density at radius 2 is 2.25 bits per heavy atom. The van der Waals surface area contributed by atoms with Crippen LogP contribution in [0.25, 0.3) is 0 Å². The number of aliphatic hydroxyl groups is 1. The molecule has 3 atom stereocenters. The molecule has 0 saturated carbocycles. The summed E-state index contributed by atoms with van der Waals surface area (Å²) in [5.74, 6) is -1.73. The van der Waals surface area contributed by atoms with Gasteiger partial charge in [0.15, 0.2) is 0 Å². The first-order chi connectivity index (χ1) is 7.54. The predicted octanol–water partition coefficient (Wildman–Crippen LogP) is -0.637. The summed E-state index contributed by atoms with van der Waals surface area (Å²) in [6, 6.07) is -1.02. The Bertz CT molecular complexity index is 268. The van der Waals surface area contributed by atoms with Gasteiger partial charge >= 0.3 is 5.97 Å². The molecule has 1 amide bonds. The molecule has 1 fully saturated rings. The number of nitrogens with one attached hydrogen (secondary N) is 1. The lowest BCUT2D eigenvalue weighted by Crippen LogP contribution is -2.44. The average molecular weight is 231 g/mol. The van der Waals surface area contributed by atoms with Gasteiger partial charge in [0.1, 0.15) is 6.04 Å². The van der Waals surface area contributed by atoms with Gasteiger partial charge in [-0.2, -0.15) is 0 Å². The molecule has 6 nitrogen and oxygen atoms in total. The van der Waals surface area contributed by atoms with Gasteiger partial charge in [-0.3, -0.25) is 4.79 Å². The summed E-state index contributed by atoms with van der Waals surface area (Å²) in [6.45, 7) is 1.93. The molecule has 1 heterocycles. The fourth-order valence-corrected chi connectivity index (χ4v) is 1.68. The number of rotatable bonds is 5. The normalized spacial score (nSPS) is 26.4. The minimum absolute atomic E-state index is 0.0181. The van der Waals surface area contributed by atoms with Gasteiger partial charge in [-0.05, 0) is 13.3 Å². The van der Waals surface area contributed by atoms with E-state index in [1.54, 1.807) is 0 Å². The van der Waals surface area contributed by atoms with Crippen LogP contribution >= 0.6 is 0 Å². The molecule has 92 valence electrons. The van der Waals surface area contributed by atoms with Crippen molar-refractivity contribution in [2.45, 2.75) is 31.9 Å². The maximum atomic E-state index is 11.6. The quantitative estimate of drug-likeness (QED) is 0.585. The Morgan fingerprint density at radius 3 is 2.69 bits per heavy atom. The van der Waals surface area contributed by atoms with Crippen molar-refractivity contribution in [1.82, 2.24) is 5.32 Å². The van der Waals surface area contributed by atoms with Gasteiger partial charge in [0.2, 0.25) is 5.91 Å². The maximum absolute atomic E-state index is 11.6. The van der Waals surface area contributed by atoms with Crippen LogP contribution in [-0.2, 0) is 14.3 Å².